The summed E-state index contributed by atoms with van der Waals surface area (Å²) in [4.78, 5) is 4.62. The van der Waals surface area contributed by atoms with Crippen molar-refractivity contribution >= 4 is 33.4 Å². The van der Waals surface area contributed by atoms with Gasteiger partial charge in [0.15, 0.2) is 0 Å². The van der Waals surface area contributed by atoms with Gasteiger partial charge in [-0.3, -0.25) is 0 Å². The number of rotatable bonds is 2. The molecule has 0 aliphatic heterocycles. The maximum absolute atomic E-state index is 6.42. The largest absolute Gasteiger partial charge is 0.494 e. The van der Waals surface area contributed by atoms with E-state index in [1.807, 2.05) is 49.4 Å². The van der Waals surface area contributed by atoms with Gasteiger partial charge in [0.25, 0.3) is 0 Å². The molecule has 90 valence electrons. The van der Waals surface area contributed by atoms with E-state index in [1.165, 1.54) is 0 Å². The van der Waals surface area contributed by atoms with Gasteiger partial charge in [-0.25, -0.2) is 4.98 Å². The topological polar surface area (TPSA) is 22.1 Å². The molecular weight excluding hydrogens is 246 g/mol. The van der Waals surface area contributed by atoms with Crippen LogP contribution < -0.4 is 4.74 Å². The predicted molar refractivity (Wildman–Crippen MR) is 75.4 cm³/mol. The van der Waals surface area contributed by atoms with Gasteiger partial charge in [-0.15, -0.1) is 0 Å². The van der Waals surface area contributed by atoms with Gasteiger partial charge in [-0.2, -0.15) is 0 Å². The quantitative estimate of drug-likeness (QED) is 0.633. The summed E-state index contributed by atoms with van der Waals surface area (Å²) in [5.74, 6) is 0.823. The molecule has 0 aliphatic carbocycles. The van der Waals surface area contributed by atoms with Crippen LogP contribution in [0.1, 0.15) is 6.92 Å². The van der Waals surface area contributed by atoms with Crippen molar-refractivity contribution in [2.45, 2.75) is 6.92 Å². The Morgan fingerprint density at radius 1 is 1.06 bits per heavy atom. The maximum Gasteiger partial charge on any atom is 0.121 e. The third-order valence-electron chi connectivity index (χ3n) is 2.90. The van der Waals surface area contributed by atoms with Gasteiger partial charge < -0.3 is 4.74 Å². The summed E-state index contributed by atoms with van der Waals surface area (Å²) < 4.78 is 5.48. The van der Waals surface area contributed by atoms with Crippen molar-refractivity contribution in [1.82, 2.24) is 4.98 Å². The highest BCUT2D eigenvalue weighted by atomic mass is 35.5. The van der Waals surface area contributed by atoms with Crippen LogP contribution in [0.15, 0.2) is 42.5 Å². The molecule has 0 bridgehead atoms. The first-order chi connectivity index (χ1) is 8.79. The van der Waals surface area contributed by atoms with E-state index in [0.717, 1.165) is 32.6 Å². The van der Waals surface area contributed by atoms with Crippen LogP contribution >= 0.6 is 11.6 Å². The molecule has 3 heteroatoms. The smallest absolute Gasteiger partial charge is 0.121 e. The van der Waals surface area contributed by atoms with Crippen molar-refractivity contribution in [2.75, 3.05) is 6.61 Å². The number of halogens is 1. The highest BCUT2D eigenvalue weighted by molar-refractivity contribution is 6.40. The van der Waals surface area contributed by atoms with E-state index in [2.05, 4.69) is 4.98 Å². The fourth-order valence-corrected chi connectivity index (χ4v) is 2.40. The Kier molecular flexibility index (Phi) is 2.80. The molecule has 0 aliphatic rings. The van der Waals surface area contributed by atoms with Crippen LogP contribution in [0.2, 0.25) is 5.02 Å². The van der Waals surface area contributed by atoms with Gasteiger partial charge in [0.1, 0.15) is 5.75 Å². The zero-order valence-electron chi connectivity index (χ0n) is 9.98. The number of benzene rings is 2. The lowest BCUT2D eigenvalue weighted by Gasteiger charge is -2.07. The number of para-hydroxylation sites is 1. The zero-order valence-corrected chi connectivity index (χ0v) is 10.7. The Morgan fingerprint density at radius 3 is 2.67 bits per heavy atom. The molecule has 0 N–H and O–H groups in total. The summed E-state index contributed by atoms with van der Waals surface area (Å²) in [5, 5.41) is 2.69. The lowest BCUT2D eigenvalue weighted by Crippen LogP contribution is -1.92. The molecule has 3 aromatic rings. The van der Waals surface area contributed by atoms with E-state index in [0.29, 0.717) is 6.61 Å². The van der Waals surface area contributed by atoms with Crippen LogP contribution in [0.3, 0.4) is 0 Å². The average Bonchev–Trinajstić information content (AvgIpc) is 2.39. The van der Waals surface area contributed by atoms with E-state index in [1.54, 1.807) is 0 Å². The van der Waals surface area contributed by atoms with Gasteiger partial charge >= 0.3 is 0 Å². The van der Waals surface area contributed by atoms with Crippen molar-refractivity contribution in [1.29, 1.82) is 0 Å². The van der Waals surface area contributed by atoms with Crippen LogP contribution in [-0.2, 0) is 0 Å². The molecule has 1 heterocycles. The Morgan fingerprint density at radius 2 is 1.83 bits per heavy atom. The van der Waals surface area contributed by atoms with E-state index in [4.69, 9.17) is 16.3 Å². The molecule has 18 heavy (non-hydrogen) atoms. The second kappa shape index (κ2) is 4.46. The van der Waals surface area contributed by atoms with E-state index >= 15 is 0 Å². The van der Waals surface area contributed by atoms with Crippen LogP contribution in [0.25, 0.3) is 21.8 Å². The first-order valence-corrected chi connectivity index (χ1v) is 6.28. The average molecular weight is 258 g/mol. The second-order valence-electron chi connectivity index (χ2n) is 4.05. The molecule has 0 unspecified atom stereocenters. The zero-order chi connectivity index (χ0) is 12.5. The Balaban J connectivity index is 2.33. The number of hydrogen-bond acceptors (Lipinski definition) is 2. The van der Waals surface area contributed by atoms with Gasteiger partial charge in [-0.1, -0.05) is 29.8 Å². The molecule has 2 nitrogen and oxygen atoms in total. The summed E-state index contributed by atoms with van der Waals surface area (Å²) in [7, 11) is 0. The van der Waals surface area contributed by atoms with Gasteiger partial charge in [-0.05, 0) is 25.1 Å². The minimum absolute atomic E-state index is 0.646. The number of ether oxygens (including phenoxy) is 1. The number of hydrogen-bond donors (Lipinski definition) is 0. The van der Waals surface area contributed by atoms with Crippen molar-refractivity contribution in [3.05, 3.63) is 47.5 Å². The van der Waals surface area contributed by atoms with E-state index in [9.17, 15) is 0 Å². The van der Waals surface area contributed by atoms with Crippen molar-refractivity contribution in [3.8, 4) is 5.75 Å². The lowest BCUT2D eigenvalue weighted by molar-refractivity contribution is 0.340. The first-order valence-electron chi connectivity index (χ1n) is 5.90. The van der Waals surface area contributed by atoms with Crippen LogP contribution in [-0.4, -0.2) is 11.6 Å². The molecule has 3 rings (SSSR count). The molecule has 0 saturated heterocycles. The fourth-order valence-electron chi connectivity index (χ4n) is 2.08. The fraction of sp³-hybridized carbons (Fsp3) is 0.133. The Labute approximate surface area is 110 Å². The summed E-state index contributed by atoms with van der Waals surface area (Å²) in [6, 6.07) is 13.7. The third-order valence-corrected chi connectivity index (χ3v) is 3.31. The molecule has 0 radical (unpaired) electrons. The Bertz CT molecular complexity index is 724. The Hall–Kier alpha value is -1.80. The van der Waals surface area contributed by atoms with Crippen molar-refractivity contribution < 1.29 is 4.74 Å². The minimum atomic E-state index is 0.646. The number of nitrogens with zero attached hydrogens (tertiary/aromatic N) is 1. The summed E-state index contributed by atoms with van der Waals surface area (Å²) in [6.07, 6.45) is 0. The molecule has 0 atom stereocenters. The molecule has 0 amide bonds. The highest BCUT2D eigenvalue weighted by Crippen LogP contribution is 2.31. The first kappa shape index (κ1) is 11.3. The molecular formula is C15H12ClNO. The molecule has 2 aromatic carbocycles. The second-order valence-corrected chi connectivity index (χ2v) is 4.43. The predicted octanol–water partition coefficient (Wildman–Crippen LogP) is 4.44. The summed E-state index contributed by atoms with van der Waals surface area (Å²) >= 11 is 6.42. The van der Waals surface area contributed by atoms with Crippen LogP contribution in [0.5, 0.6) is 5.75 Å². The summed E-state index contributed by atoms with van der Waals surface area (Å²) in [5.41, 5.74) is 1.77. The van der Waals surface area contributed by atoms with Crippen molar-refractivity contribution in [3.63, 3.8) is 0 Å². The molecule has 0 fully saturated rings. The van der Waals surface area contributed by atoms with Crippen LogP contribution in [0.4, 0.5) is 0 Å². The van der Waals surface area contributed by atoms with Gasteiger partial charge in [0.05, 0.1) is 22.7 Å². The SMILES string of the molecule is CCOc1ccc2c(Cl)c3ccccc3nc2c1. The normalized spacial score (nSPS) is 11.0. The maximum atomic E-state index is 6.42. The standard InChI is InChI=1S/C15H12ClNO/c1-2-18-10-7-8-12-14(9-10)17-13-6-4-3-5-11(13)15(12)16/h3-9H,2H2,1H3. The molecule has 0 spiro atoms. The molecule has 0 saturated carbocycles. The van der Waals surface area contributed by atoms with E-state index < -0.39 is 0 Å². The van der Waals surface area contributed by atoms with Crippen molar-refractivity contribution in [2.24, 2.45) is 0 Å². The summed E-state index contributed by atoms with van der Waals surface area (Å²) in [6.45, 7) is 2.61. The number of pyridine rings is 1. The lowest BCUT2D eigenvalue weighted by atomic mass is 10.1. The number of fused-ring (bicyclic) bond motifs is 2. The van der Waals surface area contributed by atoms with Gasteiger partial charge in [0, 0.05) is 16.8 Å². The third kappa shape index (κ3) is 1.79. The molecule has 1 aromatic heterocycles. The van der Waals surface area contributed by atoms with E-state index in [-0.39, 0.29) is 0 Å². The number of aromatic nitrogens is 1. The minimum Gasteiger partial charge on any atom is -0.494 e. The van der Waals surface area contributed by atoms with Gasteiger partial charge in [0.2, 0.25) is 0 Å². The van der Waals surface area contributed by atoms with Crippen LogP contribution in [0, 0.1) is 0 Å². The highest BCUT2D eigenvalue weighted by Gasteiger charge is 2.07. The monoisotopic (exact) mass is 257 g/mol.